The lowest BCUT2D eigenvalue weighted by molar-refractivity contribution is -0.0632. The number of fused-ring (bicyclic) bond motifs is 1. The van der Waals surface area contributed by atoms with E-state index in [0.29, 0.717) is 46.0 Å². The molecule has 0 bridgehead atoms. The monoisotopic (exact) mass is 553 g/mol. The minimum Gasteiger partial charge on any atom is -0.492 e. The number of halogens is 1. The number of benzene rings is 2. The maximum Gasteiger partial charge on any atom is 0.413 e. The van der Waals surface area contributed by atoms with Crippen LogP contribution >= 0.6 is 11.6 Å². The van der Waals surface area contributed by atoms with E-state index in [1.807, 2.05) is 71.9 Å². The zero-order valence-electron chi connectivity index (χ0n) is 22.9. The van der Waals surface area contributed by atoms with Crippen molar-refractivity contribution >= 4 is 28.7 Å². The van der Waals surface area contributed by atoms with Crippen LogP contribution in [0.25, 0.3) is 33.8 Å². The largest absolute Gasteiger partial charge is 0.492 e. The molecule has 1 saturated heterocycles. The highest BCUT2D eigenvalue weighted by molar-refractivity contribution is 6.32. The molecule has 10 heteroatoms. The Morgan fingerprint density at radius 3 is 2.64 bits per heavy atom. The molecule has 206 valence electrons. The molecular weight excluding hydrogens is 522 g/mol. The van der Waals surface area contributed by atoms with Gasteiger partial charge < -0.3 is 23.2 Å². The number of rotatable bonds is 6. The van der Waals surface area contributed by atoms with Crippen LogP contribution in [0.15, 0.2) is 51.4 Å². The van der Waals surface area contributed by atoms with Crippen LogP contribution in [0.4, 0.5) is 4.79 Å². The average molecular weight is 554 g/mol. The standard InChI is InChI=1S/C29H32ClN3O6/c1-7-12-35-23-11-9-18(14-20(23)30)26-31-25(32-39-26)17-8-10-22-19(13-17)15-24(37-22)21-16-36-29(5,6)33(21)27(34)38-28(2,3)4/h8-11,13-15,21H,7,12,16H2,1-6H3. The third-order valence-electron chi connectivity index (χ3n) is 6.26. The number of carbonyl (C=O) groups excluding carboxylic acids is 1. The minimum atomic E-state index is -0.846. The smallest absolute Gasteiger partial charge is 0.413 e. The number of furan rings is 1. The molecule has 0 spiro atoms. The van der Waals surface area contributed by atoms with Gasteiger partial charge in [-0.25, -0.2) is 4.79 Å². The SMILES string of the molecule is CCCOc1ccc(-c2nc(-c3ccc4oc(C5COC(C)(C)N5C(=O)OC(C)(C)C)cc4c3)no2)cc1Cl. The van der Waals surface area contributed by atoms with Gasteiger partial charge in [-0.1, -0.05) is 23.7 Å². The van der Waals surface area contributed by atoms with Crippen LogP contribution in [0.2, 0.25) is 5.02 Å². The molecule has 1 aliphatic rings. The molecule has 39 heavy (non-hydrogen) atoms. The molecule has 2 aromatic heterocycles. The third-order valence-corrected chi connectivity index (χ3v) is 6.56. The molecule has 4 aromatic rings. The van der Waals surface area contributed by atoms with Crippen molar-refractivity contribution in [3.05, 3.63) is 53.2 Å². The van der Waals surface area contributed by atoms with E-state index in [1.54, 1.807) is 17.0 Å². The fraction of sp³-hybridized carbons (Fsp3) is 0.414. The average Bonchev–Trinajstić information content (AvgIpc) is 3.58. The Morgan fingerprint density at radius 1 is 1.15 bits per heavy atom. The van der Waals surface area contributed by atoms with E-state index in [0.717, 1.165) is 17.4 Å². The Morgan fingerprint density at radius 2 is 1.92 bits per heavy atom. The quantitative estimate of drug-likeness (QED) is 0.240. The molecule has 2 aromatic carbocycles. The highest BCUT2D eigenvalue weighted by atomic mass is 35.5. The molecule has 5 rings (SSSR count). The number of ether oxygens (including phenoxy) is 3. The van der Waals surface area contributed by atoms with Crippen molar-refractivity contribution in [1.29, 1.82) is 0 Å². The van der Waals surface area contributed by atoms with Gasteiger partial charge in [-0.3, -0.25) is 4.90 Å². The predicted molar refractivity (Wildman–Crippen MR) is 147 cm³/mol. The Hall–Kier alpha value is -3.56. The summed E-state index contributed by atoms with van der Waals surface area (Å²) in [6.07, 6.45) is 0.433. The molecule has 9 nitrogen and oxygen atoms in total. The van der Waals surface area contributed by atoms with Gasteiger partial charge in [0, 0.05) is 16.5 Å². The van der Waals surface area contributed by atoms with E-state index in [9.17, 15) is 4.79 Å². The first-order valence-corrected chi connectivity index (χ1v) is 13.3. The Kier molecular flexibility index (Phi) is 7.07. The van der Waals surface area contributed by atoms with Crippen molar-refractivity contribution in [2.75, 3.05) is 13.2 Å². The molecule has 1 atom stereocenters. The Labute approximate surface area is 232 Å². The Balaban J connectivity index is 1.40. The van der Waals surface area contributed by atoms with Crippen LogP contribution in [0.1, 0.15) is 59.8 Å². The van der Waals surface area contributed by atoms with Gasteiger partial charge in [0.05, 0.1) is 18.2 Å². The van der Waals surface area contributed by atoms with Crippen molar-refractivity contribution in [2.45, 2.75) is 65.3 Å². The summed E-state index contributed by atoms with van der Waals surface area (Å²) in [5, 5.41) is 5.48. The lowest BCUT2D eigenvalue weighted by Gasteiger charge is -2.34. The van der Waals surface area contributed by atoms with Crippen LogP contribution in [0.5, 0.6) is 5.75 Å². The second-order valence-corrected chi connectivity index (χ2v) is 11.3. The molecule has 0 aliphatic carbocycles. The van der Waals surface area contributed by atoms with Crippen LogP contribution in [-0.2, 0) is 9.47 Å². The predicted octanol–water partition coefficient (Wildman–Crippen LogP) is 7.64. The summed E-state index contributed by atoms with van der Waals surface area (Å²) in [5.41, 5.74) is 0.636. The van der Waals surface area contributed by atoms with Gasteiger partial charge in [-0.2, -0.15) is 4.98 Å². The molecule has 1 amide bonds. The normalized spacial score (nSPS) is 17.1. The maximum atomic E-state index is 13.1. The van der Waals surface area contributed by atoms with Crippen molar-refractivity contribution in [3.63, 3.8) is 0 Å². The van der Waals surface area contributed by atoms with E-state index in [-0.39, 0.29) is 6.61 Å². The molecule has 3 heterocycles. The van der Waals surface area contributed by atoms with Crippen LogP contribution < -0.4 is 4.74 Å². The number of hydrogen-bond donors (Lipinski definition) is 0. The van der Waals surface area contributed by atoms with Crippen molar-refractivity contribution in [2.24, 2.45) is 0 Å². The lowest BCUT2D eigenvalue weighted by atomic mass is 10.1. The van der Waals surface area contributed by atoms with Gasteiger partial charge in [0.25, 0.3) is 5.89 Å². The molecule has 1 fully saturated rings. The second kappa shape index (κ2) is 10.2. The third kappa shape index (κ3) is 5.60. The fourth-order valence-electron chi connectivity index (χ4n) is 4.46. The number of amides is 1. The van der Waals surface area contributed by atoms with E-state index in [1.165, 1.54) is 0 Å². The van der Waals surface area contributed by atoms with Gasteiger partial charge in [-0.15, -0.1) is 0 Å². The summed E-state index contributed by atoms with van der Waals surface area (Å²) in [6, 6.07) is 12.5. The summed E-state index contributed by atoms with van der Waals surface area (Å²) in [7, 11) is 0. The van der Waals surface area contributed by atoms with Gasteiger partial charge in [-0.05, 0) is 83.5 Å². The summed E-state index contributed by atoms with van der Waals surface area (Å²) < 4.78 is 28.9. The van der Waals surface area contributed by atoms with Crippen molar-refractivity contribution in [3.8, 4) is 28.6 Å². The van der Waals surface area contributed by atoms with E-state index < -0.39 is 23.5 Å². The zero-order chi connectivity index (χ0) is 27.9. The van der Waals surface area contributed by atoms with Crippen LogP contribution in [0.3, 0.4) is 0 Å². The summed E-state index contributed by atoms with van der Waals surface area (Å²) in [6.45, 7) is 12.1. The van der Waals surface area contributed by atoms with E-state index in [4.69, 9.17) is 34.8 Å². The first kappa shape index (κ1) is 27.0. The van der Waals surface area contributed by atoms with Crippen LogP contribution in [0, 0.1) is 0 Å². The molecule has 1 unspecified atom stereocenters. The van der Waals surface area contributed by atoms with Crippen LogP contribution in [-0.4, -0.2) is 45.7 Å². The highest BCUT2D eigenvalue weighted by Gasteiger charge is 2.47. The first-order valence-electron chi connectivity index (χ1n) is 12.9. The van der Waals surface area contributed by atoms with Crippen molar-refractivity contribution < 1.29 is 27.9 Å². The zero-order valence-corrected chi connectivity index (χ0v) is 23.7. The Bertz CT molecular complexity index is 1500. The number of carbonyl (C=O) groups is 1. The summed E-state index contributed by atoms with van der Waals surface area (Å²) in [5.74, 6) is 2.00. The number of hydrogen-bond acceptors (Lipinski definition) is 8. The van der Waals surface area contributed by atoms with Gasteiger partial charge in [0.15, 0.2) is 0 Å². The first-order chi connectivity index (χ1) is 18.4. The summed E-state index contributed by atoms with van der Waals surface area (Å²) in [4.78, 5) is 19.2. The molecule has 1 aliphatic heterocycles. The van der Waals surface area contributed by atoms with Gasteiger partial charge >= 0.3 is 6.09 Å². The summed E-state index contributed by atoms with van der Waals surface area (Å²) >= 11 is 6.37. The molecule has 0 radical (unpaired) electrons. The number of nitrogens with zero attached hydrogens (tertiary/aromatic N) is 3. The minimum absolute atomic E-state index is 0.290. The van der Waals surface area contributed by atoms with Gasteiger partial charge in [0.2, 0.25) is 5.82 Å². The highest BCUT2D eigenvalue weighted by Crippen LogP contribution is 2.40. The van der Waals surface area contributed by atoms with Crippen molar-refractivity contribution in [1.82, 2.24) is 15.0 Å². The maximum absolute atomic E-state index is 13.1. The van der Waals surface area contributed by atoms with Gasteiger partial charge in [0.1, 0.15) is 34.5 Å². The van der Waals surface area contributed by atoms with E-state index in [2.05, 4.69) is 10.1 Å². The lowest BCUT2D eigenvalue weighted by Crippen LogP contribution is -2.47. The molecule has 0 saturated carbocycles. The second-order valence-electron chi connectivity index (χ2n) is 10.9. The number of aromatic nitrogens is 2. The molecular formula is C29H32ClN3O6. The topological polar surface area (TPSA) is 100 Å². The van der Waals surface area contributed by atoms with E-state index >= 15 is 0 Å². The molecule has 0 N–H and O–H groups in total. The fourth-order valence-corrected chi connectivity index (χ4v) is 4.69.